The molecule has 1 aromatic heterocycles. The molecular formula is C24H32ClN3O2. The highest BCUT2D eigenvalue weighted by molar-refractivity contribution is 6.30. The van der Waals surface area contributed by atoms with E-state index in [1.165, 1.54) is 19.3 Å². The van der Waals surface area contributed by atoms with Crippen LogP contribution in [0.5, 0.6) is 0 Å². The fourth-order valence-corrected chi connectivity index (χ4v) is 4.97. The fourth-order valence-electron chi connectivity index (χ4n) is 4.78. The number of nitrogens with one attached hydrogen (secondary N) is 1. The van der Waals surface area contributed by atoms with E-state index < -0.39 is 0 Å². The summed E-state index contributed by atoms with van der Waals surface area (Å²) < 4.78 is 5.91. The first kappa shape index (κ1) is 21.4. The highest BCUT2D eigenvalue weighted by atomic mass is 35.5. The number of amides is 1. The number of carbonyl (C=O) groups is 1. The average molecular weight is 430 g/mol. The standard InChI is InChI=1S/C24H32ClN3O2/c1-16-7-3-4-11-21(16)26-23(29)19-9-6-12-28(14-19)15-22-17(2)30-24(27-22)18-8-5-10-20(25)13-18/h5,8,10,13,16,19,21H,3-4,6-7,9,11-12,14-15H2,1-2H3,(H,26,29)/t16-,19-,21-/m0/s1. The minimum atomic E-state index is 0.0625. The summed E-state index contributed by atoms with van der Waals surface area (Å²) in [5.74, 6) is 2.31. The first-order valence-corrected chi connectivity index (χ1v) is 11.6. The number of hydrogen-bond acceptors (Lipinski definition) is 4. The molecule has 1 aliphatic carbocycles. The van der Waals surface area contributed by atoms with Crippen LogP contribution in [0.3, 0.4) is 0 Å². The van der Waals surface area contributed by atoms with E-state index in [1.807, 2.05) is 31.2 Å². The molecular weight excluding hydrogens is 398 g/mol. The van der Waals surface area contributed by atoms with Gasteiger partial charge in [0.2, 0.25) is 11.8 Å². The summed E-state index contributed by atoms with van der Waals surface area (Å²) in [7, 11) is 0. The summed E-state index contributed by atoms with van der Waals surface area (Å²) in [5, 5.41) is 4.02. The van der Waals surface area contributed by atoms with Crippen molar-refractivity contribution >= 4 is 17.5 Å². The van der Waals surface area contributed by atoms with E-state index in [1.54, 1.807) is 0 Å². The molecule has 4 rings (SSSR count). The summed E-state index contributed by atoms with van der Waals surface area (Å²) in [5.41, 5.74) is 1.82. The molecule has 2 aromatic rings. The summed E-state index contributed by atoms with van der Waals surface area (Å²) in [6, 6.07) is 7.91. The van der Waals surface area contributed by atoms with E-state index in [4.69, 9.17) is 21.0 Å². The van der Waals surface area contributed by atoms with Gasteiger partial charge in [-0.3, -0.25) is 9.69 Å². The molecule has 3 atom stereocenters. The van der Waals surface area contributed by atoms with Gasteiger partial charge < -0.3 is 9.73 Å². The number of piperidine rings is 1. The maximum atomic E-state index is 12.9. The van der Waals surface area contributed by atoms with Gasteiger partial charge in [-0.2, -0.15) is 0 Å². The predicted molar refractivity (Wildman–Crippen MR) is 119 cm³/mol. The normalized spacial score (nSPS) is 25.2. The van der Waals surface area contributed by atoms with Gasteiger partial charge in [0.05, 0.1) is 11.6 Å². The smallest absolute Gasteiger partial charge is 0.226 e. The van der Waals surface area contributed by atoms with Crippen molar-refractivity contribution in [3.05, 3.63) is 40.7 Å². The lowest BCUT2D eigenvalue weighted by Crippen LogP contribution is -2.48. The van der Waals surface area contributed by atoms with Gasteiger partial charge in [-0.25, -0.2) is 4.98 Å². The number of nitrogens with zero attached hydrogens (tertiary/aromatic N) is 2. The lowest BCUT2D eigenvalue weighted by Gasteiger charge is -2.34. The van der Waals surface area contributed by atoms with Crippen LogP contribution in [0.2, 0.25) is 5.02 Å². The van der Waals surface area contributed by atoms with E-state index in [-0.39, 0.29) is 11.8 Å². The van der Waals surface area contributed by atoms with Crippen LogP contribution < -0.4 is 5.32 Å². The zero-order valence-electron chi connectivity index (χ0n) is 18.0. The van der Waals surface area contributed by atoms with Crippen molar-refractivity contribution in [2.24, 2.45) is 11.8 Å². The Morgan fingerprint density at radius 1 is 1.27 bits per heavy atom. The second-order valence-electron chi connectivity index (χ2n) is 8.98. The van der Waals surface area contributed by atoms with Crippen molar-refractivity contribution in [2.75, 3.05) is 13.1 Å². The summed E-state index contributed by atoms with van der Waals surface area (Å²) >= 11 is 6.11. The second-order valence-corrected chi connectivity index (χ2v) is 9.42. The monoisotopic (exact) mass is 429 g/mol. The van der Waals surface area contributed by atoms with Crippen LogP contribution in [0.15, 0.2) is 28.7 Å². The molecule has 0 spiro atoms. The number of hydrogen-bond donors (Lipinski definition) is 1. The molecule has 6 heteroatoms. The minimum absolute atomic E-state index is 0.0625. The Labute approximate surface area is 184 Å². The van der Waals surface area contributed by atoms with Gasteiger partial charge in [0.1, 0.15) is 5.76 Å². The maximum absolute atomic E-state index is 12.9. The number of rotatable bonds is 5. The van der Waals surface area contributed by atoms with Gasteiger partial charge in [-0.05, 0) is 63.3 Å². The number of benzene rings is 1. The van der Waals surface area contributed by atoms with Crippen LogP contribution in [-0.4, -0.2) is 34.9 Å². The highest BCUT2D eigenvalue weighted by Crippen LogP contribution is 2.27. The third kappa shape index (κ3) is 5.06. The van der Waals surface area contributed by atoms with Crippen molar-refractivity contribution in [1.29, 1.82) is 0 Å². The van der Waals surface area contributed by atoms with Crippen LogP contribution in [0.25, 0.3) is 11.5 Å². The quantitative estimate of drug-likeness (QED) is 0.708. The summed E-state index contributed by atoms with van der Waals surface area (Å²) in [6.07, 6.45) is 6.87. The SMILES string of the molecule is Cc1oc(-c2cccc(Cl)c2)nc1CN1CCC[C@H](C(=O)N[C@H]2CCCC[C@@H]2C)C1. The molecule has 0 unspecified atom stereocenters. The van der Waals surface area contributed by atoms with Crippen molar-refractivity contribution in [1.82, 2.24) is 15.2 Å². The summed E-state index contributed by atoms with van der Waals surface area (Å²) in [6.45, 7) is 6.70. The van der Waals surface area contributed by atoms with E-state index in [2.05, 4.69) is 17.1 Å². The Kier molecular flexibility index (Phi) is 6.79. The topological polar surface area (TPSA) is 58.4 Å². The van der Waals surface area contributed by atoms with Gasteiger partial charge >= 0.3 is 0 Å². The predicted octanol–water partition coefficient (Wildman–Crippen LogP) is 5.21. The first-order chi connectivity index (χ1) is 14.5. The molecule has 1 aliphatic heterocycles. The van der Waals surface area contributed by atoms with Crippen molar-refractivity contribution in [3.63, 3.8) is 0 Å². The number of aromatic nitrogens is 1. The Bertz CT molecular complexity index is 881. The molecule has 2 heterocycles. The molecule has 1 saturated carbocycles. The number of halogens is 1. The van der Waals surface area contributed by atoms with E-state index in [0.29, 0.717) is 29.4 Å². The van der Waals surface area contributed by atoms with Crippen LogP contribution in [0, 0.1) is 18.8 Å². The molecule has 1 aromatic carbocycles. The number of likely N-dealkylation sites (tertiary alicyclic amines) is 1. The Morgan fingerprint density at radius 3 is 2.90 bits per heavy atom. The van der Waals surface area contributed by atoms with Gasteiger partial charge in [0, 0.05) is 29.7 Å². The Hall–Kier alpha value is -1.85. The minimum Gasteiger partial charge on any atom is -0.441 e. The molecule has 1 amide bonds. The Balaban J connectivity index is 1.37. The van der Waals surface area contributed by atoms with Crippen LogP contribution in [0.1, 0.15) is 56.9 Å². The summed E-state index contributed by atoms with van der Waals surface area (Å²) in [4.78, 5) is 20.0. The second kappa shape index (κ2) is 9.52. The number of aryl methyl sites for hydroxylation is 1. The molecule has 1 N–H and O–H groups in total. The molecule has 5 nitrogen and oxygen atoms in total. The highest BCUT2D eigenvalue weighted by Gasteiger charge is 2.30. The Morgan fingerprint density at radius 2 is 2.10 bits per heavy atom. The molecule has 0 radical (unpaired) electrons. The van der Waals surface area contributed by atoms with Crippen LogP contribution in [0.4, 0.5) is 0 Å². The average Bonchev–Trinajstić information content (AvgIpc) is 3.10. The van der Waals surface area contributed by atoms with Crippen molar-refractivity contribution in [2.45, 2.75) is 65.0 Å². The van der Waals surface area contributed by atoms with Gasteiger partial charge in [0.15, 0.2) is 0 Å². The first-order valence-electron chi connectivity index (χ1n) is 11.2. The largest absolute Gasteiger partial charge is 0.441 e. The fraction of sp³-hybridized carbons (Fsp3) is 0.583. The van der Waals surface area contributed by atoms with Crippen molar-refractivity contribution in [3.8, 4) is 11.5 Å². The molecule has 2 aliphatic rings. The van der Waals surface area contributed by atoms with Crippen LogP contribution >= 0.6 is 11.6 Å². The van der Waals surface area contributed by atoms with Crippen LogP contribution in [-0.2, 0) is 11.3 Å². The van der Waals surface area contributed by atoms with Gasteiger partial charge in [-0.1, -0.05) is 37.4 Å². The zero-order chi connectivity index (χ0) is 21.1. The third-order valence-corrected chi connectivity index (χ3v) is 6.89. The third-order valence-electron chi connectivity index (χ3n) is 6.65. The zero-order valence-corrected chi connectivity index (χ0v) is 18.8. The van der Waals surface area contributed by atoms with E-state index >= 15 is 0 Å². The molecule has 162 valence electrons. The number of carbonyl (C=O) groups excluding carboxylic acids is 1. The van der Waals surface area contributed by atoms with Gasteiger partial charge in [-0.15, -0.1) is 0 Å². The van der Waals surface area contributed by atoms with Crippen molar-refractivity contribution < 1.29 is 9.21 Å². The lowest BCUT2D eigenvalue weighted by atomic mass is 9.85. The molecule has 2 fully saturated rings. The number of oxazole rings is 1. The van der Waals surface area contributed by atoms with E-state index in [9.17, 15) is 4.79 Å². The van der Waals surface area contributed by atoms with Gasteiger partial charge in [0.25, 0.3) is 0 Å². The maximum Gasteiger partial charge on any atom is 0.226 e. The molecule has 0 bridgehead atoms. The van der Waals surface area contributed by atoms with E-state index in [0.717, 1.165) is 49.4 Å². The lowest BCUT2D eigenvalue weighted by molar-refractivity contribution is -0.128. The molecule has 30 heavy (non-hydrogen) atoms. The molecule has 1 saturated heterocycles.